The Morgan fingerprint density at radius 3 is 2.28 bits per heavy atom. The number of para-hydroxylation sites is 1. The minimum absolute atomic E-state index is 0.0439. The molecule has 4 rings (SSSR count). The molecule has 3 aromatic rings. The topological polar surface area (TPSA) is 67.8 Å². The molecule has 1 aromatic heterocycles. The number of rotatable bonds is 8. The second-order valence-electron chi connectivity index (χ2n) is 7.65. The van der Waals surface area contributed by atoms with E-state index in [9.17, 15) is 4.79 Å². The van der Waals surface area contributed by atoms with Gasteiger partial charge in [-0.1, -0.05) is 31.5 Å². The summed E-state index contributed by atoms with van der Waals surface area (Å²) in [6.07, 6.45) is 2.12. The van der Waals surface area contributed by atoms with Crippen LogP contribution in [-0.2, 0) is 0 Å². The van der Waals surface area contributed by atoms with Crippen molar-refractivity contribution in [2.75, 3.05) is 37.7 Å². The highest BCUT2D eigenvalue weighted by Gasteiger charge is 2.23. The molecule has 7 heteroatoms. The van der Waals surface area contributed by atoms with E-state index in [4.69, 9.17) is 9.47 Å². The van der Waals surface area contributed by atoms with Crippen LogP contribution in [0.2, 0.25) is 0 Å². The Bertz CT molecular complexity index is 986. The maximum Gasteiger partial charge on any atom is 0.253 e. The number of nitrogens with zero attached hydrogens (tertiary/aromatic N) is 4. The number of amides is 1. The maximum atomic E-state index is 12.9. The molecule has 166 valence electrons. The molecule has 2 heterocycles. The van der Waals surface area contributed by atoms with Crippen molar-refractivity contribution in [3.63, 3.8) is 0 Å². The normalized spacial score (nSPS) is 13.7. The van der Waals surface area contributed by atoms with E-state index in [2.05, 4.69) is 22.0 Å². The number of anilines is 1. The molecule has 1 aliphatic rings. The van der Waals surface area contributed by atoms with Crippen molar-refractivity contribution in [3.05, 3.63) is 72.3 Å². The summed E-state index contributed by atoms with van der Waals surface area (Å²) in [5, 5.41) is 8.48. The van der Waals surface area contributed by atoms with Crippen molar-refractivity contribution in [3.8, 4) is 17.4 Å². The van der Waals surface area contributed by atoms with Gasteiger partial charge < -0.3 is 19.3 Å². The largest absolute Gasteiger partial charge is 0.494 e. The van der Waals surface area contributed by atoms with Crippen LogP contribution in [0.5, 0.6) is 17.4 Å². The number of benzene rings is 2. The average Bonchev–Trinajstić information content (AvgIpc) is 2.85. The standard InChI is InChI=1S/C25H28N4O3/c1-2-3-19-31-21-11-9-20(10-12-21)25(30)29-17-15-28(16-18-29)23-13-14-24(27-26-23)32-22-7-5-4-6-8-22/h4-14H,2-3,15-19H2,1H3. The molecule has 0 saturated carbocycles. The Hall–Kier alpha value is -3.61. The number of aromatic nitrogens is 2. The van der Waals surface area contributed by atoms with Gasteiger partial charge in [0.2, 0.25) is 5.88 Å². The lowest BCUT2D eigenvalue weighted by Crippen LogP contribution is -2.49. The van der Waals surface area contributed by atoms with Gasteiger partial charge in [0.1, 0.15) is 11.5 Å². The molecule has 32 heavy (non-hydrogen) atoms. The quantitative estimate of drug-likeness (QED) is 0.491. The summed E-state index contributed by atoms with van der Waals surface area (Å²) in [6, 6.07) is 20.6. The van der Waals surface area contributed by atoms with E-state index in [1.54, 1.807) is 0 Å². The number of unbranched alkanes of at least 4 members (excludes halogenated alkanes) is 1. The second kappa shape index (κ2) is 10.6. The molecule has 0 bridgehead atoms. The van der Waals surface area contributed by atoms with Gasteiger partial charge in [-0.15, -0.1) is 10.2 Å². The molecular formula is C25H28N4O3. The molecule has 1 amide bonds. The van der Waals surface area contributed by atoms with Gasteiger partial charge in [0.15, 0.2) is 5.82 Å². The van der Waals surface area contributed by atoms with Crippen molar-refractivity contribution in [1.29, 1.82) is 0 Å². The molecule has 1 saturated heterocycles. The third-order valence-corrected chi connectivity index (χ3v) is 5.35. The number of hydrogen-bond acceptors (Lipinski definition) is 6. The van der Waals surface area contributed by atoms with E-state index < -0.39 is 0 Å². The summed E-state index contributed by atoms with van der Waals surface area (Å²) in [5.74, 6) is 2.81. The van der Waals surface area contributed by atoms with Crippen LogP contribution in [0.4, 0.5) is 5.82 Å². The molecule has 7 nitrogen and oxygen atoms in total. The van der Waals surface area contributed by atoms with Crippen LogP contribution in [0.3, 0.4) is 0 Å². The lowest BCUT2D eigenvalue weighted by atomic mass is 10.1. The first-order valence-corrected chi connectivity index (χ1v) is 11.1. The highest BCUT2D eigenvalue weighted by atomic mass is 16.5. The molecule has 1 aliphatic heterocycles. The first-order chi connectivity index (χ1) is 15.7. The van der Waals surface area contributed by atoms with Gasteiger partial charge in [0.05, 0.1) is 6.61 Å². The smallest absolute Gasteiger partial charge is 0.253 e. The Morgan fingerprint density at radius 1 is 0.875 bits per heavy atom. The second-order valence-corrected chi connectivity index (χ2v) is 7.65. The van der Waals surface area contributed by atoms with E-state index in [1.165, 1.54) is 0 Å². The summed E-state index contributed by atoms with van der Waals surface area (Å²) in [7, 11) is 0. The minimum Gasteiger partial charge on any atom is -0.494 e. The van der Waals surface area contributed by atoms with Crippen LogP contribution in [0.1, 0.15) is 30.1 Å². The number of carbonyl (C=O) groups excluding carboxylic acids is 1. The third kappa shape index (κ3) is 5.55. The van der Waals surface area contributed by atoms with Crippen LogP contribution < -0.4 is 14.4 Å². The highest BCUT2D eigenvalue weighted by Crippen LogP contribution is 2.21. The zero-order chi connectivity index (χ0) is 22.2. The molecule has 1 fully saturated rings. The van der Waals surface area contributed by atoms with Gasteiger partial charge in [0, 0.05) is 37.8 Å². The van der Waals surface area contributed by atoms with Crippen LogP contribution in [0, 0.1) is 0 Å². The van der Waals surface area contributed by atoms with Crippen molar-refractivity contribution in [2.45, 2.75) is 19.8 Å². The van der Waals surface area contributed by atoms with E-state index in [0.717, 1.165) is 30.2 Å². The number of piperazine rings is 1. The molecular weight excluding hydrogens is 404 g/mol. The third-order valence-electron chi connectivity index (χ3n) is 5.35. The lowest BCUT2D eigenvalue weighted by molar-refractivity contribution is 0.0746. The van der Waals surface area contributed by atoms with E-state index in [-0.39, 0.29) is 5.91 Å². The fraction of sp³-hybridized carbons (Fsp3) is 0.320. The van der Waals surface area contributed by atoms with Crippen molar-refractivity contribution in [2.24, 2.45) is 0 Å². The van der Waals surface area contributed by atoms with Crippen LogP contribution in [-0.4, -0.2) is 53.8 Å². The van der Waals surface area contributed by atoms with E-state index in [1.807, 2.05) is 71.6 Å². The maximum absolute atomic E-state index is 12.9. The summed E-state index contributed by atoms with van der Waals surface area (Å²) in [6.45, 7) is 5.52. The van der Waals surface area contributed by atoms with Crippen LogP contribution in [0.15, 0.2) is 66.7 Å². The predicted octanol–water partition coefficient (Wildman–Crippen LogP) is 4.41. The van der Waals surface area contributed by atoms with Gasteiger partial charge in [-0.25, -0.2) is 0 Å². The van der Waals surface area contributed by atoms with Gasteiger partial charge in [-0.05, 0) is 48.9 Å². The Balaban J connectivity index is 1.28. The number of ether oxygens (including phenoxy) is 2. The number of carbonyl (C=O) groups is 1. The zero-order valence-electron chi connectivity index (χ0n) is 18.3. The SMILES string of the molecule is CCCCOc1ccc(C(=O)N2CCN(c3ccc(Oc4ccccc4)nn3)CC2)cc1. The Kier molecular flexibility index (Phi) is 7.17. The average molecular weight is 433 g/mol. The van der Waals surface area contributed by atoms with Gasteiger partial charge >= 0.3 is 0 Å². The summed E-state index contributed by atoms with van der Waals surface area (Å²) in [5.41, 5.74) is 0.684. The molecule has 0 spiro atoms. The summed E-state index contributed by atoms with van der Waals surface area (Å²) >= 11 is 0. The van der Waals surface area contributed by atoms with E-state index >= 15 is 0 Å². The monoisotopic (exact) mass is 432 g/mol. The van der Waals surface area contributed by atoms with Crippen molar-refractivity contribution in [1.82, 2.24) is 15.1 Å². The van der Waals surface area contributed by atoms with Crippen LogP contribution >= 0.6 is 0 Å². The summed E-state index contributed by atoms with van der Waals surface area (Å²) in [4.78, 5) is 16.9. The highest BCUT2D eigenvalue weighted by molar-refractivity contribution is 5.94. The zero-order valence-corrected chi connectivity index (χ0v) is 18.3. The lowest BCUT2D eigenvalue weighted by Gasteiger charge is -2.35. The van der Waals surface area contributed by atoms with Gasteiger partial charge in [-0.3, -0.25) is 4.79 Å². The fourth-order valence-electron chi connectivity index (χ4n) is 3.49. The van der Waals surface area contributed by atoms with Crippen molar-refractivity contribution >= 4 is 11.7 Å². The number of hydrogen-bond donors (Lipinski definition) is 0. The van der Waals surface area contributed by atoms with Crippen LogP contribution in [0.25, 0.3) is 0 Å². The Labute approximate surface area is 188 Å². The molecule has 2 aromatic carbocycles. The molecule has 0 atom stereocenters. The minimum atomic E-state index is 0.0439. The van der Waals surface area contributed by atoms with Crippen molar-refractivity contribution < 1.29 is 14.3 Å². The first-order valence-electron chi connectivity index (χ1n) is 11.1. The Morgan fingerprint density at radius 2 is 1.62 bits per heavy atom. The van der Waals surface area contributed by atoms with Gasteiger partial charge in [0.25, 0.3) is 5.91 Å². The molecule has 0 radical (unpaired) electrons. The summed E-state index contributed by atoms with van der Waals surface area (Å²) < 4.78 is 11.4. The van der Waals surface area contributed by atoms with Gasteiger partial charge in [-0.2, -0.15) is 0 Å². The molecule has 0 N–H and O–H groups in total. The van der Waals surface area contributed by atoms with E-state index in [0.29, 0.717) is 44.2 Å². The molecule has 0 aliphatic carbocycles. The fourth-order valence-corrected chi connectivity index (χ4v) is 3.49. The predicted molar refractivity (Wildman–Crippen MR) is 124 cm³/mol. The first kappa shape index (κ1) is 21.6. The molecule has 0 unspecified atom stereocenters.